The van der Waals surface area contributed by atoms with E-state index < -0.39 is 0 Å². The number of ether oxygens (including phenoxy) is 1. The number of aromatic nitrogens is 3. The first kappa shape index (κ1) is 12.0. The van der Waals surface area contributed by atoms with Gasteiger partial charge in [-0.2, -0.15) is 0 Å². The molecule has 0 unspecified atom stereocenters. The fourth-order valence-electron chi connectivity index (χ4n) is 2.04. The number of pyridine rings is 1. The lowest BCUT2D eigenvalue weighted by atomic mass is 10.1. The van der Waals surface area contributed by atoms with Crippen LogP contribution in [-0.2, 0) is 6.42 Å². The van der Waals surface area contributed by atoms with Crippen LogP contribution in [0.4, 0.5) is 0 Å². The van der Waals surface area contributed by atoms with Crippen LogP contribution in [-0.4, -0.2) is 21.7 Å². The topological polar surface area (TPSA) is 39.4 Å². The lowest BCUT2D eigenvalue weighted by Gasteiger charge is -2.04. The predicted molar refractivity (Wildman–Crippen MR) is 73.8 cm³/mol. The van der Waals surface area contributed by atoms with Crippen LogP contribution in [0.15, 0.2) is 42.5 Å². The summed E-state index contributed by atoms with van der Waals surface area (Å²) in [6, 6.07) is 13.5. The summed E-state index contributed by atoms with van der Waals surface area (Å²) in [7, 11) is 1.66. The Balaban J connectivity index is 2.01. The highest BCUT2D eigenvalue weighted by molar-refractivity contribution is 6.29. The Hall–Kier alpha value is -2.07. The summed E-state index contributed by atoms with van der Waals surface area (Å²) in [4.78, 5) is 0. The molecule has 0 spiro atoms. The Kier molecular flexibility index (Phi) is 3.09. The van der Waals surface area contributed by atoms with Crippen molar-refractivity contribution >= 4 is 17.2 Å². The van der Waals surface area contributed by atoms with Crippen molar-refractivity contribution < 1.29 is 4.74 Å². The minimum Gasteiger partial charge on any atom is -0.497 e. The van der Waals surface area contributed by atoms with Crippen LogP contribution in [0.3, 0.4) is 0 Å². The van der Waals surface area contributed by atoms with E-state index in [1.165, 1.54) is 0 Å². The van der Waals surface area contributed by atoms with Gasteiger partial charge in [-0.25, -0.2) is 0 Å². The first-order valence-corrected chi connectivity index (χ1v) is 6.27. The van der Waals surface area contributed by atoms with E-state index in [0.717, 1.165) is 22.8 Å². The Labute approximate surface area is 115 Å². The maximum Gasteiger partial charge on any atom is 0.161 e. The molecular weight excluding hydrogens is 262 g/mol. The van der Waals surface area contributed by atoms with Crippen molar-refractivity contribution in [3.63, 3.8) is 0 Å². The molecule has 2 aromatic heterocycles. The van der Waals surface area contributed by atoms with Gasteiger partial charge in [0.1, 0.15) is 16.7 Å². The largest absolute Gasteiger partial charge is 0.497 e. The molecule has 0 radical (unpaired) electrons. The van der Waals surface area contributed by atoms with Crippen LogP contribution >= 0.6 is 11.6 Å². The molecule has 2 heterocycles. The summed E-state index contributed by atoms with van der Waals surface area (Å²) in [5.74, 6) is 1.64. The summed E-state index contributed by atoms with van der Waals surface area (Å²) in [5, 5.41) is 8.92. The highest BCUT2D eigenvalue weighted by Gasteiger charge is 2.09. The highest BCUT2D eigenvalue weighted by atomic mass is 35.5. The second kappa shape index (κ2) is 4.90. The Morgan fingerprint density at radius 3 is 2.84 bits per heavy atom. The van der Waals surface area contributed by atoms with Crippen molar-refractivity contribution in [3.05, 3.63) is 59.0 Å². The number of hydrogen-bond acceptors (Lipinski definition) is 3. The van der Waals surface area contributed by atoms with Gasteiger partial charge in [0.05, 0.1) is 7.11 Å². The van der Waals surface area contributed by atoms with Crippen molar-refractivity contribution in [1.82, 2.24) is 14.6 Å². The van der Waals surface area contributed by atoms with Gasteiger partial charge in [0, 0.05) is 6.42 Å². The van der Waals surface area contributed by atoms with Gasteiger partial charge in [0.25, 0.3) is 0 Å². The molecule has 3 aromatic rings. The lowest BCUT2D eigenvalue weighted by molar-refractivity contribution is 0.414. The minimum atomic E-state index is 0.611. The number of rotatable bonds is 3. The van der Waals surface area contributed by atoms with Gasteiger partial charge in [-0.3, -0.25) is 4.40 Å². The normalized spacial score (nSPS) is 10.8. The fraction of sp³-hybridized carbons (Fsp3) is 0.143. The molecular formula is C14H12ClN3O. The van der Waals surface area contributed by atoms with Crippen molar-refractivity contribution in [1.29, 1.82) is 0 Å². The van der Waals surface area contributed by atoms with Gasteiger partial charge in [0.2, 0.25) is 0 Å². The first-order valence-electron chi connectivity index (χ1n) is 5.89. The lowest BCUT2D eigenvalue weighted by Crippen LogP contribution is -1.97. The van der Waals surface area contributed by atoms with E-state index in [0.29, 0.717) is 11.6 Å². The van der Waals surface area contributed by atoms with Gasteiger partial charge in [-0.05, 0) is 29.8 Å². The molecule has 1 aromatic carbocycles. The van der Waals surface area contributed by atoms with E-state index in [1.54, 1.807) is 7.11 Å². The standard InChI is InChI=1S/C14H12ClN3O/c1-19-11-5-2-4-10(8-11)9-14-17-16-13-7-3-6-12(15)18(13)14/h2-8H,9H2,1H3. The quantitative estimate of drug-likeness (QED) is 0.689. The van der Waals surface area contributed by atoms with Gasteiger partial charge >= 0.3 is 0 Å². The number of benzene rings is 1. The maximum atomic E-state index is 6.19. The molecule has 0 amide bonds. The molecule has 0 saturated carbocycles. The predicted octanol–water partition coefficient (Wildman–Crippen LogP) is 2.98. The van der Waals surface area contributed by atoms with Crippen molar-refractivity contribution in [2.24, 2.45) is 0 Å². The van der Waals surface area contributed by atoms with Crippen LogP contribution in [0.25, 0.3) is 5.65 Å². The number of hydrogen-bond donors (Lipinski definition) is 0. The molecule has 0 N–H and O–H groups in total. The van der Waals surface area contributed by atoms with Gasteiger partial charge in [-0.15, -0.1) is 10.2 Å². The SMILES string of the molecule is COc1cccc(Cc2nnc3cccc(Cl)n23)c1. The Morgan fingerprint density at radius 1 is 1.16 bits per heavy atom. The molecule has 96 valence electrons. The monoisotopic (exact) mass is 273 g/mol. The van der Waals surface area contributed by atoms with Crippen LogP contribution < -0.4 is 4.74 Å². The molecule has 5 heteroatoms. The van der Waals surface area contributed by atoms with Crippen LogP contribution in [0, 0.1) is 0 Å². The van der Waals surface area contributed by atoms with E-state index in [9.17, 15) is 0 Å². The minimum absolute atomic E-state index is 0.611. The van der Waals surface area contributed by atoms with Crippen molar-refractivity contribution in [2.45, 2.75) is 6.42 Å². The molecule has 4 nitrogen and oxygen atoms in total. The summed E-state index contributed by atoms with van der Waals surface area (Å²) >= 11 is 6.19. The molecule has 0 aliphatic carbocycles. The molecule has 0 fully saturated rings. The zero-order chi connectivity index (χ0) is 13.2. The zero-order valence-corrected chi connectivity index (χ0v) is 11.1. The van der Waals surface area contributed by atoms with Crippen molar-refractivity contribution in [3.8, 4) is 5.75 Å². The first-order chi connectivity index (χ1) is 9.28. The summed E-state index contributed by atoms with van der Waals surface area (Å²) in [6.45, 7) is 0. The number of methoxy groups -OCH3 is 1. The second-order valence-electron chi connectivity index (χ2n) is 4.19. The average molecular weight is 274 g/mol. The third-order valence-corrected chi connectivity index (χ3v) is 3.24. The van der Waals surface area contributed by atoms with Crippen molar-refractivity contribution in [2.75, 3.05) is 7.11 Å². The molecule has 0 aliphatic rings. The molecule has 0 aliphatic heterocycles. The molecule has 3 rings (SSSR count). The van der Waals surface area contributed by atoms with E-state index in [-0.39, 0.29) is 0 Å². The van der Waals surface area contributed by atoms with E-state index in [4.69, 9.17) is 16.3 Å². The van der Waals surface area contributed by atoms with E-state index in [2.05, 4.69) is 10.2 Å². The summed E-state index contributed by atoms with van der Waals surface area (Å²) in [5.41, 5.74) is 1.86. The molecule has 19 heavy (non-hydrogen) atoms. The third-order valence-electron chi connectivity index (χ3n) is 2.94. The Bertz CT molecular complexity index is 724. The van der Waals surface area contributed by atoms with Crippen LogP contribution in [0.2, 0.25) is 5.15 Å². The summed E-state index contributed by atoms with van der Waals surface area (Å²) in [6.07, 6.45) is 0.655. The van der Waals surface area contributed by atoms with Gasteiger partial charge < -0.3 is 4.74 Å². The maximum absolute atomic E-state index is 6.19. The van der Waals surface area contributed by atoms with Crippen LogP contribution in [0.5, 0.6) is 5.75 Å². The molecule has 0 saturated heterocycles. The summed E-state index contributed by atoms with van der Waals surface area (Å²) < 4.78 is 7.06. The highest BCUT2D eigenvalue weighted by Crippen LogP contribution is 2.18. The number of fused-ring (bicyclic) bond motifs is 1. The van der Waals surface area contributed by atoms with E-state index >= 15 is 0 Å². The zero-order valence-electron chi connectivity index (χ0n) is 10.4. The Morgan fingerprint density at radius 2 is 2.00 bits per heavy atom. The smallest absolute Gasteiger partial charge is 0.161 e. The van der Waals surface area contributed by atoms with E-state index in [1.807, 2.05) is 46.9 Å². The molecule has 0 atom stereocenters. The van der Waals surface area contributed by atoms with Gasteiger partial charge in [0.15, 0.2) is 5.65 Å². The van der Waals surface area contributed by atoms with Gasteiger partial charge in [-0.1, -0.05) is 29.8 Å². The second-order valence-corrected chi connectivity index (χ2v) is 4.57. The molecule has 0 bridgehead atoms. The third kappa shape index (κ3) is 2.27. The van der Waals surface area contributed by atoms with Crippen LogP contribution in [0.1, 0.15) is 11.4 Å². The number of halogens is 1. The fourth-order valence-corrected chi connectivity index (χ4v) is 2.30. The average Bonchev–Trinajstić information content (AvgIpc) is 2.84. The number of nitrogens with zero attached hydrogens (tertiary/aromatic N) is 3.